The largest absolute Gasteiger partial charge is 0.493 e. The van der Waals surface area contributed by atoms with Crippen molar-refractivity contribution >= 4 is 11.6 Å². The number of fused-ring (bicyclic) bond motifs is 1. The van der Waals surface area contributed by atoms with E-state index in [1.54, 1.807) is 0 Å². The van der Waals surface area contributed by atoms with Crippen LogP contribution >= 0.6 is 0 Å². The standard InChI is InChI=1S/C22H26N4O2/c1-16-8-9-17(2)19(14-16)28-13-10-21(27)25-11-5-6-18(15-25)22-24-23-20-7-3-4-12-26(20)22/h3-4,7-9,12,14,18H,5-6,10-11,13,15H2,1-2H3. The van der Waals surface area contributed by atoms with Gasteiger partial charge in [0.15, 0.2) is 5.65 Å². The van der Waals surface area contributed by atoms with Crippen molar-refractivity contribution in [2.75, 3.05) is 19.7 Å². The van der Waals surface area contributed by atoms with Gasteiger partial charge in [0.05, 0.1) is 13.0 Å². The number of aromatic nitrogens is 3. The van der Waals surface area contributed by atoms with E-state index in [9.17, 15) is 4.79 Å². The second-order valence-electron chi connectivity index (χ2n) is 7.53. The number of carbonyl (C=O) groups is 1. The predicted octanol–water partition coefficient (Wildman–Crippen LogP) is 3.52. The molecular weight excluding hydrogens is 352 g/mol. The highest BCUT2D eigenvalue weighted by Crippen LogP contribution is 2.26. The average Bonchev–Trinajstić information content (AvgIpc) is 3.15. The first-order chi connectivity index (χ1) is 13.6. The molecule has 28 heavy (non-hydrogen) atoms. The second kappa shape index (κ2) is 8.00. The Morgan fingerprint density at radius 1 is 1.21 bits per heavy atom. The van der Waals surface area contributed by atoms with E-state index in [1.807, 2.05) is 59.7 Å². The minimum Gasteiger partial charge on any atom is -0.493 e. The van der Waals surface area contributed by atoms with Crippen molar-refractivity contribution in [3.05, 3.63) is 59.5 Å². The Kier molecular flexibility index (Phi) is 5.28. The lowest BCUT2D eigenvalue weighted by Crippen LogP contribution is -2.40. The summed E-state index contributed by atoms with van der Waals surface area (Å²) in [6.45, 7) is 5.96. The molecule has 4 rings (SSSR count). The molecule has 1 fully saturated rings. The van der Waals surface area contributed by atoms with E-state index >= 15 is 0 Å². The summed E-state index contributed by atoms with van der Waals surface area (Å²) >= 11 is 0. The normalized spacial score (nSPS) is 17.1. The number of piperidine rings is 1. The summed E-state index contributed by atoms with van der Waals surface area (Å²) in [5.74, 6) is 2.16. The Bertz CT molecular complexity index is 982. The van der Waals surface area contributed by atoms with Crippen LogP contribution in [0.5, 0.6) is 5.75 Å². The maximum absolute atomic E-state index is 12.7. The maximum atomic E-state index is 12.7. The molecule has 2 aromatic heterocycles. The molecule has 0 N–H and O–H groups in total. The van der Waals surface area contributed by atoms with E-state index in [0.29, 0.717) is 19.6 Å². The fraction of sp³-hybridized carbons (Fsp3) is 0.409. The molecule has 3 heterocycles. The molecule has 1 saturated heterocycles. The monoisotopic (exact) mass is 378 g/mol. The van der Waals surface area contributed by atoms with Gasteiger partial charge in [-0.15, -0.1) is 10.2 Å². The lowest BCUT2D eigenvalue weighted by Gasteiger charge is -2.32. The third-order valence-electron chi connectivity index (χ3n) is 5.40. The van der Waals surface area contributed by atoms with Gasteiger partial charge in [-0.1, -0.05) is 18.2 Å². The molecule has 0 radical (unpaired) electrons. The third-order valence-corrected chi connectivity index (χ3v) is 5.40. The number of hydrogen-bond acceptors (Lipinski definition) is 4. The van der Waals surface area contributed by atoms with Crippen LogP contribution in [-0.4, -0.2) is 45.1 Å². The average molecular weight is 378 g/mol. The summed E-state index contributed by atoms with van der Waals surface area (Å²) in [5.41, 5.74) is 3.10. The number of ether oxygens (including phenoxy) is 1. The van der Waals surface area contributed by atoms with Crippen LogP contribution in [-0.2, 0) is 4.79 Å². The van der Waals surface area contributed by atoms with Crippen LogP contribution in [0.3, 0.4) is 0 Å². The molecule has 1 unspecified atom stereocenters. The molecule has 1 atom stereocenters. The molecule has 1 aliphatic heterocycles. The number of nitrogens with zero attached hydrogens (tertiary/aromatic N) is 4. The number of rotatable bonds is 5. The summed E-state index contributed by atoms with van der Waals surface area (Å²) in [7, 11) is 0. The summed E-state index contributed by atoms with van der Waals surface area (Å²) in [5, 5.41) is 8.63. The molecule has 1 amide bonds. The van der Waals surface area contributed by atoms with Gasteiger partial charge in [-0.2, -0.15) is 0 Å². The first kappa shape index (κ1) is 18.5. The van der Waals surface area contributed by atoms with Gasteiger partial charge in [0.25, 0.3) is 0 Å². The van der Waals surface area contributed by atoms with Gasteiger partial charge in [-0.3, -0.25) is 9.20 Å². The van der Waals surface area contributed by atoms with Crippen molar-refractivity contribution in [1.82, 2.24) is 19.5 Å². The molecular formula is C22H26N4O2. The molecule has 6 heteroatoms. The molecule has 0 bridgehead atoms. The lowest BCUT2D eigenvalue weighted by atomic mass is 9.97. The number of amides is 1. The minimum atomic E-state index is 0.142. The predicted molar refractivity (Wildman–Crippen MR) is 108 cm³/mol. The van der Waals surface area contributed by atoms with Crippen molar-refractivity contribution in [3.63, 3.8) is 0 Å². The van der Waals surface area contributed by atoms with Crippen LogP contribution in [0.25, 0.3) is 5.65 Å². The minimum absolute atomic E-state index is 0.142. The van der Waals surface area contributed by atoms with E-state index < -0.39 is 0 Å². The Morgan fingerprint density at radius 3 is 3.00 bits per heavy atom. The number of hydrogen-bond donors (Lipinski definition) is 0. The number of pyridine rings is 1. The quantitative estimate of drug-likeness (QED) is 0.682. The van der Waals surface area contributed by atoms with E-state index in [1.165, 1.54) is 0 Å². The second-order valence-corrected chi connectivity index (χ2v) is 7.53. The zero-order valence-electron chi connectivity index (χ0n) is 16.5. The van der Waals surface area contributed by atoms with Crippen LogP contribution in [0.15, 0.2) is 42.6 Å². The molecule has 0 spiro atoms. The van der Waals surface area contributed by atoms with Crippen molar-refractivity contribution in [2.24, 2.45) is 0 Å². The highest BCUT2D eigenvalue weighted by molar-refractivity contribution is 5.76. The molecule has 0 saturated carbocycles. The van der Waals surface area contributed by atoms with E-state index in [0.717, 1.165) is 47.7 Å². The Balaban J connectivity index is 1.36. The van der Waals surface area contributed by atoms with Gasteiger partial charge < -0.3 is 9.64 Å². The number of carbonyl (C=O) groups excluding carboxylic acids is 1. The summed E-state index contributed by atoms with van der Waals surface area (Å²) in [4.78, 5) is 14.7. The Morgan fingerprint density at radius 2 is 2.11 bits per heavy atom. The van der Waals surface area contributed by atoms with Crippen molar-refractivity contribution < 1.29 is 9.53 Å². The van der Waals surface area contributed by atoms with Gasteiger partial charge in [0, 0.05) is 25.2 Å². The first-order valence-corrected chi connectivity index (χ1v) is 9.89. The number of aryl methyl sites for hydroxylation is 2. The SMILES string of the molecule is Cc1ccc(C)c(OCCC(=O)N2CCCC(c3nnc4ccccn34)C2)c1. The van der Waals surface area contributed by atoms with Crippen molar-refractivity contribution in [3.8, 4) is 5.75 Å². The van der Waals surface area contributed by atoms with E-state index in [4.69, 9.17) is 4.74 Å². The van der Waals surface area contributed by atoms with Crippen LogP contribution in [0.2, 0.25) is 0 Å². The van der Waals surface area contributed by atoms with E-state index in [2.05, 4.69) is 16.3 Å². The van der Waals surface area contributed by atoms with Crippen LogP contribution < -0.4 is 4.74 Å². The van der Waals surface area contributed by atoms with Gasteiger partial charge in [0.1, 0.15) is 11.6 Å². The van der Waals surface area contributed by atoms with Crippen molar-refractivity contribution in [1.29, 1.82) is 0 Å². The molecule has 1 aromatic carbocycles. The Labute approximate surface area is 165 Å². The van der Waals surface area contributed by atoms with Gasteiger partial charge in [0.2, 0.25) is 5.91 Å². The fourth-order valence-corrected chi connectivity index (χ4v) is 3.82. The zero-order valence-corrected chi connectivity index (χ0v) is 16.5. The number of likely N-dealkylation sites (tertiary alicyclic amines) is 1. The van der Waals surface area contributed by atoms with E-state index in [-0.39, 0.29) is 11.8 Å². The van der Waals surface area contributed by atoms with Crippen LogP contribution in [0.1, 0.15) is 42.1 Å². The summed E-state index contributed by atoms with van der Waals surface area (Å²) < 4.78 is 7.89. The molecule has 1 aliphatic rings. The Hall–Kier alpha value is -2.89. The molecule has 3 aromatic rings. The molecule has 0 aliphatic carbocycles. The van der Waals surface area contributed by atoms with Crippen LogP contribution in [0, 0.1) is 13.8 Å². The van der Waals surface area contributed by atoms with Crippen molar-refractivity contribution in [2.45, 2.75) is 39.0 Å². The highest BCUT2D eigenvalue weighted by atomic mass is 16.5. The zero-order chi connectivity index (χ0) is 19.5. The fourth-order valence-electron chi connectivity index (χ4n) is 3.82. The van der Waals surface area contributed by atoms with Gasteiger partial charge in [-0.05, 0) is 56.0 Å². The maximum Gasteiger partial charge on any atom is 0.226 e. The smallest absolute Gasteiger partial charge is 0.226 e. The summed E-state index contributed by atoms with van der Waals surface area (Å²) in [6.07, 6.45) is 4.39. The topological polar surface area (TPSA) is 59.7 Å². The number of benzene rings is 1. The van der Waals surface area contributed by atoms with Gasteiger partial charge in [-0.25, -0.2) is 0 Å². The van der Waals surface area contributed by atoms with Gasteiger partial charge >= 0.3 is 0 Å². The molecule has 6 nitrogen and oxygen atoms in total. The lowest BCUT2D eigenvalue weighted by molar-refractivity contribution is -0.133. The van der Waals surface area contributed by atoms with Crippen LogP contribution in [0.4, 0.5) is 0 Å². The third kappa shape index (κ3) is 3.86. The highest BCUT2D eigenvalue weighted by Gasteiger charge is 2.27. The first-order valence-electron chi connectivity index (χ1n) is 9.89. The summed E-state index contributed by atoms with van der Waals surface area (Å²) in [6, 6.07) is 12.0. The molecule has 146 valence electrons.